The van der Waals surface area contributed by atoms with Crippen molar-refractivity contribution in [3.05, 3.63) is 23.3 Å². The highest BCUT2D eigenvalue weighted by Gasteiger charge is 3.00. The summed E-state index contributed by atoms with van der Waals surface area (Å²) in [5.41, 5.74) is 1.01. The van der Waals surface area contributed by atoms with E-state index < -0.39 is 70.2 Å². The van der Waals surface area contributed by atoms with Crippen LogP contribution in [0.3, 0.4) is 0 Å². The molecule has 0 amide bonds. The van der Waals surface area contributed by atoms with E-state index in [2.05, 4.69) is 0 Å². The summed E-state index contributed by atoms with van der Waals surface area (Å²) < 4.78 is -1.48. The molecule has 0 aromatic heterocycles. The van der Waals surface area contributed by atoms with Gasteiger partial charge in [-0.2, -0.15) is 0 Å². The zero-order chi connectivity index (χ0) is 29.5. The minimum absolute atomic E-state index is 0.328. The van der Waals surface area contributed by atoms with Crippen molar-refractivity contribution in [1.82, 2.24) is 0 Å². The van der Waals surface area contributed by atoms with Crippen LogP contribution in [-0.2, 0) is 0 Å². The van der Waals surface area contributed by atoms with Gasteiger partial charge in [0.2, 0.25) is 0 Å². The molecule has 17 heteroatoms. The van der Waals surface area contributed by atoms with E-state index in [1.54, 1.807) is 12.1 Å². The van der Waals surface area contributed by atoms with Crippen molar-refractivity contribution < 1.29 is 9.47 Å². The van der Waals surface area contributed by atoms with E-state index in [-0.39, 0.29) is 0 Å². The predicted octanol–water partition coefficient (Wildman–Crippen LogP) is 10.8. The van der Waals surface area contributed by atoms with Gasteiger partial charge in [0.05, 0.1) is 14.2 Å². The Bertz CT molecular complexity index is 1310. The molecule has 5 aliphatic rings. The number of methoxy groups -OCH3 is 2. The highest BCUT2D eigenvalue weighted by molar-refractivity contribution is 6.75. The van der Waals surface area contributed by atoms with Crippen molar-refractivity contribution >= 4 is 174 Å². The molecular formula is C22H13Cl15O2. The summed E-state index contributed by atoms with van der Waals surface area (Å²) in [6.45, 7) is 0. The average molecular weight is 841 g/mol. The van der Waals surface area contributed by atoms with Crippen LogP contribution in [0, 0.1) is 17.8 Å². The highest BCUT2D eigenvalue weighted by Crippen LogP contribution is 2.93. The van der Waals surface area contributed by atoms with Gasteiger partial charge in [-0.05, 0) is 35.1 Å². The Morgan fingerprint density at radius 3 is 1.41 bits per heavy atom. The van der Waals surface area contributed by atoms with Crippen LogP contribution in [0.15, 0.2) is 12.1 Å². The van der Waals surface area contributed by atoms with Crippen LogP contribution in [-0.4, -0.2) is 54.8 Å². The molecule has 218 valence electrons. The number of hydrogen-bond acceptors (Lipinski definition) is 2. The van der Waals surface area contributed by atoms with E-state index in [1.807, 2.05) is 0 Å². The van der Waals surface area contributed by atoms with Crippen LogP contribution in [0.4, 0.5) is 0 Å². The van der Waals surface area contributed by atoms with Gasteiger partial charge in [-0.15, -0.1) is 34.8 Å². The molecule has 0 spiro atoms. The van der Waals surface area contributed by atoms with Gasteiger partial charge in [0, 0.05) is 17.8 Å². The first-order valence-electron chi connectivity index (χ1n) is 11.1. The molecule has 0 aliphatic heterocycles. The van der Waals surface area contributed by atoms with E-state index >= 15 is 0 Å². The number of rotatable bonds is 2. The molecule has 0 heterocycles. The molecule has 4 fully saturated rings. The van der Waals surface area contributed by atoms with Crippen LogP contribution in [0.2, 0.25) is 0 Å². The monoisotopic (exact) mass is 834 g/mol. The van der Waals surface area contributed by atoms with Crippen LogP contribution < -0.4 is 9.47 Å². The lowest BCUT2D eigenvalue weighted by atomic mass is 9.54. The maximum atomic E-state index is 7.41. The average Bonchev–Trinajstić information content (AvgIpc) is 3.17. The van der Waals surface area contributed by atoms with E-state index in [9.17, 15) is 0 Å². The molecule has 8 atom stereocenters. The molecule has 0 unspecified atom stereocenters. The maximum Gasteiger partial charge on any atom is 0.175 e. The Balaban J connectivity index is 1.79. The van der Waals surface area contributed by atoms with Crippen molar-refractivity contribution in [2.45, 2.75) is 52.5 Å². The van der Waals surface area contributed by atoms with Gasteiger partial charge in [0.15, 0.2) is 33.2 Å². The fourth-order valence-corrected chi connectivity index (χ4v) is 16.3. The molecule has 4 saturated carbocycles. The highest BCUT2D eigenvalue weighted by atomic mass is 35.6. The lowest BCUT2D eigenvalue weighted by Gasteiger charge is -2.60. The summed E-state index contributed by atoms with van der Waals surface area (Å²) in [6.07, 6.45) is 0. The zero-order valence-electron chi connectivity index (χ0n) is 19.0. The Morgan fingerprint density at radius 1 is 0.513 bits per heavy atom. The topological polar surface area (TPSA) is 18.5 Å². The number of alkyl halides is 15. The van der Waals surface area contributed by atoms with Crippen LogP contribution in [0.5, 0.6) is 11.5 Å². The third-order valence-corrected chi connectivity index (χ3v) is 20.7. The van der Waals surface area contributed by atoms with Crippen LogP contribution in [0.25, 0.3) is 0 Å². The van der Waals surface area contributed by atoms with Gasteiger partial charge in [-0.25, -0.2) is 0 Å². The SMILES string of the molecule is COc1cc2c(cc1OC)[C@H]1[C@H]([C@@H]3[C@@H]2[C@]2(Cl)C(Cl)(Cl)[C@@H]3C(Cl)(Cl)C2(Cl)Cl)[C@@]2(Cl)C(Cl)(Cl)C(Cl)(Cl)[C@@]1(Cl)C2(Cl)Cl. The van der Waals surface area contributed by atoms with Gasteiger partial charge in [0.1, 0.15) is 19.0 Å². The van der Waals surface area contributed by atoms with Gasteiger partial charge in [-0.3, -0.25) is 0 Å². The Labute approximate surface area is 299 Å². The van der Waals surface area contributed by atoms with Crippen molar-refractivity contribution in [2.24, 2.45) is 17.8 Å². The second kappa shape index (κ2) is 8.55. The standard InChI is InChI=1S/C22H13Cl15O2/c1-38-7-3-5-6(4-8(7)39-2)11-12(16(25)19(30,31)15(11,24)21(34,35)22(16,36)37)9-10(5)14(23)17(26,27)13(9)18(28,29)20(14,32)33/h3-4,9-13H,1-2H3/t9-,10+,11-,12-,13+,14-,15-,16-/m0/s1. The minimum atomic E-state index is -2.24. The number of hydrogen-bond donors (Lipinski definition) is 0. The molecule has 4 bridgehead atoms. The predicted molar refractivity (Wildman–Crippen MR) is 168 cm³/mol. The molecular weight excluding hydrogens is 828 g/mol. The van der Waals surface area contributed by atoms with E-state index in [1.165, 1.54) is 14.2 Å². The van der Waals surface area contributed by atoms with Crippen molar-refractivity contribution in [3.63, 3.8) is 0 Å². The number of benzene rings is 1. The van der Waals surface area contributed by atoms with E-state index in [4.69, 9.17) is 183 Å². The quantitative estimate of drug-likeness (QED) is 0.276. The number of halogens is 15. The third-order valence-electron chi connectivity index (χ3n) is 9.48. The minimum Gasteiger partial charge on any atom is -0.493 e. The zero-order valence-corrected chi connectivity index (χ0v) is 30.4. The van der Waals surface area contributed by atoms with Crippen LogP contribution >= 0.6 is 174 Å². The first-order valence-corrected chi connectivity index (χ1v) is 16.7. The summed E-state index contributed by atoms with van der Waals surface area (Å²) in [5.74, 6) is -4.15. The molecule has 5 aliphatic carbocycles. The van der Waals surface area contributed by atoms with Crippen molar-refractivity contribution in [2.75, 3.05) is 14.2 Å². The number of fused-ring (bicyclic) bond motifs is 14. The van der Waals surface area contributed by atoms with E-state index in [0.29, 0.717) is 22.6 Å². The van der Waals surface area contributed by atoms with Crippen LogP contribution in [0.1, 0.15) is 23.0 Å². The summed E-state index contributed by atoms with van der Waals surface area (Å²) in [6, 6.07) is 3.35. The molecule has 0 saturated heterocycles. The van der Waals surface area contributed by atoms with Crippen molar-refractivity contribution in [3.8, 4) is 11.5 Å². The first-order chi connectivity index (χ1) is 17.5. The first kappa shape index (κ1) is 32.1. The molecule has 1 aromatic rings. The number of ether oxygens (including phenoxy) is 2. The summed E-state index contributed by atoms with van der Waals surface area (Å²) in [5, 5.41) is 0. The van der Waals surface area contributed by atoms with Gasteiger partial charge >= 0.3 is 0 Å². The molecule has 2 nitrogen and oxygen atoms in total. The van der Waals surface area contributed by atoms with E-state index in [0.717, 1.165) is 0 Å². The summed E-state index contributed by atoms with van der Waals surface area (Å²) in [4.78, 5) is -5.98. The molecule has 0 N–H and O–H groups in total. The van der Waals surface area contributed by atoms with Crippen molar-refractivity contribution in [1.29, 1.82) is 0 Å². The summed E-state index contributed by atoms with van der Waals surface area (Å²) >= 11 is 106. The normalized spacial score (nSPS) is 47.4. The Morgan fingerprint density at radius 2 is 0.949 bits per heavy atom. The lowest BCUT2D eigenvalue weighted by Crippen LogP contribution is -2.67. The summed E-state index contributed by atoms with van der Waals surface area (Å²) in [7, 11) is 2.92. The second-order valence-corrected chi connectivity index (χ2v) is 20.4. The molecule has 0 radical (unpaired) electrons. The molecule has 6 rings (SSSR count). The Kier molecular flexibility index (Phi) is 7.04. The third kappa shape index (κ3) is 2.84. The van der Waals surface area contributed by atoms with Gasteiger partial charge in [-0.1, -0.05) is 139 Å². The second-order valence-electron chi connectivity index (χ2n) is 10.6. The largest absolute Gasteiger partial charge is 0.493 e. The fraction of sp³-hybridized carbons (Fsp3) is 0.727. The Hall–Kier alpha value is 3.17. The smallest absolute Gasteiger partial charge is 0.175 e. The molecule has 1 aromatic carbocycles. The molecule has 39 heavy (non-hydrogen) atoms. The van der Waals surface area contributed by atoms with Gasteiger partial charge < -0.3 is 9.47 Å². The fourth-order valence-electron chi connectivity index (χ4n) is 8.03. The van der Waals surface area contributed by atoms with Gasteiger partial charge in [0.25, 0.3) is 0 Å². The maximum absolute atomic E-state index is 7.41. The lowest BCUT2D eigenvalue weighted by molar-refractivity contribution is 0.108.